The lowest BCUT2D eigenvalue weighted by atomic mass is 10.1. The van der Waals surface area contributed by atoms with Gasteiger partial charge in [-0.1, -0.05) is 36.2 Å². The van der Waals surface area contributed by atoms with Crippen LogP contribution in [-0.2, 0) is 18.0 Å². The molecule has 0 amide bonds. The van der Waals surface area contributed by atoms with Gasteiger partial charge < -0.3 is 9.47 Å². The molecule has 0 aliphatic carbocycles. The third-order valence-corrected chi connectivity index (χ3v) is 5.62. The number of rotatable bonds is 5. The maximum absolute atomic E-state index is 8.29. The number of halogens is 1. The summed E-state index contributed by atoms with van der Waals surface area (Å²) in [5.41, 5.74) is 4.62. The van der Waals surface area contributed by atoms with Crippen LogP contribution in [0.3, 0.4) is 0 Å². The van der Waals surface area contributed by atoms with Crippen LogP contribution in [0, 0.1) is 6.92 Å². The molecule has 3 aromatic rings. The van der Waals surface area contributed by atoms with Crippen molar-refractivity contribution < 1.29 is 8.42 Å². The van der Waals surface area contributed by atoms with Crippen LogP contribution in [0.4, 0.5) is 0 Å². The lowest BCUT2D eigenvalue weighted by Gasteiger charge is -2.26. The van der Waals surface area contributed by atoms with Gasteiger partial charge in [-0.05, 0) is 76.5 Å². The second-order valence-corrected chi connectivity index (χ2v) is 7.86. The molecule has 0 bridgehead atoms. The second kappa shape index (κ2) is 10.7. The van der Waals surface area contributed by atoms with E-state index in [1.54, 1.807) is 0 Å². The molecule has 0 saturated carbocycles. The highest BCUT2D eigenvalue weighted by Crippen LogP contribution is 2.30. The highest BCUT2D eigenvalue weighted by molar-refractivity contribution is 7.51. The smallest absolute Gasteiger partial charge is 0.313 e. The van der Waals surface area contributed by atoms with Crippen LogP contribution >= 0.6 is 11.6 Å². The van der Waals surface area contributed by atoms with E-state index in [9.17, 15) is 0 Å². The van der Waals surface area contributed by atoms with Gasteiger partial charge in [0, 0.05) is 22.5 Å². The largest absolute Gasteiger partial charge is 0.335 e. The Labute approximate surface area is 180 Å². The molecule has 0 radical (unpaired) electrons. The van der Waals surface area contributed by atoms with Gasteiger partial charge in [-0.3, -0.25) is 0 Å². The fourth-order valence-corrected chi connectivity index (χ4v) is 4.35. The van der Waals surface area contributed by atoms with Gasteiger partial charge in [0.05, 0.1) is 5.52 Å². The van der Waals surface area contributed by atoms with Crippen LogP contribution in [0.5, 0.6) is 0 Å². The van der Waals surface area contributed by atoms with Gasteiger partial charge in [0.25, 0.3) is 0 Å². The lowest BCUT2D eigenvalue weighted by Crippen LogP contribution is -2.30. The van der Waals surface area contributed by atoms with E-state index in [2.05, 4.69) is 56.9 Å². The Bertz CT molecular complexity index is 979. The predicted molar refractivity (Wildman–Crippen MR) is 118 cm³/mol. The first-order chi connectivity index (χ1) is 14.1. The SMILES string of the molecule is Cc1cc2c(cc(CCCN3CCCCC3)n2-c2ccccc2)c(Cl)n1.O=S=O. The summed E-state index contributed by atoms with van der Waals surface area (Å²) in [6.07, 6.45) is 6.32. The summed E-state index contributed by atoms with van der Waals surface area (Å²) in [6.45, 7) is 5.71. The molecule has 154 valence electrons. The second-order valence-electron chi connectivity index (χ2n) is 7.37. The first kappa shape index (κ1) is 21.7. The molecule has 4 rings (SSSR count). The highest BCUT2D eigenvalue weighted by atomic mass is 35.5. The number of hydrogen-bond donors (Lipinski definition) is 0. The van der Waals surface area contributed by atoms with Gasteiger partial charge in [-0.2, -0.15) is 8.42 Å². The lowest BCUT2D eigenvalue weighted by molar-refractivity contribution is 0.226. The Morgan fingerprint density at radius 3 is 2.45 bits per heavy atom. The van der Waals surface area contributed by atoms with Gasteiger partial charge in [0.2, 0.25) is 0 Å². The van der Waals surface area contributed by atoms with E-state index in [0.29, 0.717) is 5.15 Å². The molecule has 7 heteroatoms. The molecule has 29 heavy (non-hydrogen) atoms. The molecule has 1 saturated heterocycles. The molecule has 0 unspecified atom stereocenters. The molecule has 2 aromatic heterocycles. The minimum atomic E-state index is -0.750. The number of nitrogens with zero attached hydrogens (tertiary/aromatic N) is 3. The number of pyridine rings is 1. The van der Waals surface area contributed by atoms with E-state index in [4.69, 9.17) is 20.0 Å². The maximum Gasteiger partial charge on any atom is 0.335 e. The zero-order chi connectivity index (χ0) is 20.6. The van der Waals surface area contributed by atoms with E-state index >= 15 is 0 Å². The van der Waals surface area contributed by atoms with Crippen molar-refractivity contribution in [3.8, 4) is 5.69 Å². The quantitative estimate of drug-likeness (QED) is 0.547. The molecule has 1 aromatic carbocycles. The van der Waals surface area contributed by atoms with Crippen molar-refractivity contribution in [3.63, 3.8) is 0 Å². The fourth-order valence-electron chi connectivity index (χ4n) is 4.07. The van der Waals surface area contributed by atoms with E-state index in [-0.39, 0.29) is 0 Å². The number of para-hydroxylation sites is 1. The van der Waals surface area contributed by atoms with Gasteiger partial charge in [-0.25, -0.2) is 4.98 Å². The minimum absolute atomic E-state index is 0.604. The normalized spacial score (nSPS) is 14.4. The first-order valence-corrected chi connectivity index (χ1v) is 11.1. The molecule has 1 aliphatic heterocycles. The summed E-state index contributed by atoms with van der Waals surface area (Å²) in [4.78, 5) is 7.06. The van der Waals surface area contributed by atoms with Crippen molar-refractivity contribution in [2.24, 2.45) is 0 Å². The average Bonchev–Trinajstić information content (AvgIpc) is 3.08. The van der Waals surface area contributed by atoms with Crippen molar-refractivity contribution >= 4 is 34.1 Å². The van der Waals surface area contributed by atoms with Gasteiger partial charge in [0.15, 0.2) is 0 Å². The maximum atomic E-state index is 8.29. The van der Waals surface area contributed by atoms with Crippen molar-refractivity contribution in [2.45, 2.75) is 39.0 Å². The Hall–Kier alpha value is -2.02. The third kappa shape index (κ3) is 5.53. The third-order valence-electron chi connectivity index (χ3n) is 5.33. The number of benzene rings is 1. The summed E-state index contributed by atoms with van der Waals surface area (Å²) >= 11 is 5.71. The molecule has 3 heterocycles. The average molecular weight is 432 g/mol. The number of aromatic nitrogens is 2. The molecular formula is C22H26ClN3O2S. The van der Waals surface area contributed by atoms with Gasteiger partial charge >= 0.3 is 11.6 Å². The van der Waals surface area contributed by atoms with Crippen LogP contribution in [-0.4, -0.2) is 42.5 Å². The van der Waals surface area contributed by atoms with Crippen molar-refractivity contribution in [2.75, 3.05) is 19.6 Å². The summed E-state index contributed by atoms with van der Waals surface area (Å²) in [6, 6.07) is 14.9. The zero-order valence-electron chi connectivity index (χ0n) is 16.6. The van der Waals surface area contributed by atoms with Crippen LogP contribution < -0.4 is 0 Å². The Balaban J connectivity index is 0.000000755. The Morgan fingerprint density at radius 2 is 1.76 bits per heavy atom. The zero-order valence-corrected chi connectivity index (χ0v) is 18.2. The van der Waals surface area contributed by atoms with Crippen molar-refractivity contribution in [3.05, 3.63) is 59.0 Å². The van der Waals surface area contributed by atoms with Crippen LogP contribution in [0.15, 0.2) is 42.5 Å². The van der Waals surface area contributed by atoms with Crippen LogP contribution in [0.2, 0.25) is 5.15 Å². The summed E-state index contributed by atoms with van der Waals surface area (Å²) < 4.78 is 18.9. The number of aryl methyl sites for hydroxylation is 2. The van der Waals surface area contributed by atoms with Crippen molar-refractivity contribution in [1.82, 2.24) is 14.5 Å². The summed E-state index contributed by atoms with van der Waals surface area (Å²) in [5, 5.41) is 1.65. The fraction of sp³-hybridized carbons (Fsp3) is 0.409. The van der Waals surface area contributed by atoms with Crippen molar-refractivity contribution in [1.29, 1.82) is 0 Å². The van der Waals surface area contributed by atoms with E-state index in [1.165, 1.54) is 56.7 Å². The van der Waals surface area contributed by atoms with Gasteiger partial charge in [0.1, 0.15) is 5.15 Å². The number of likely N-dealkylation sites (tertiary alicyclic amines) is 1. The number of hydrogen-bond acceptors (Lipinski definition) is 4. The minimum Gasteiger partial charge on any atom is -0.313 e. The van der Waals surface area contributed by atoms with E-state index in [1.807, 2.05) is 6.92 Å². The monoisotopic (exact) mass is 431 g/mol. The number of fused-ring (bicyclic) bond motifs is 1. The molecule has 1 fully saturated rings. The Kier molecular flexibility index (Phi) is 7.98. The molecule has 0 atom stereocenters. The predicted octanol–water partition coefficient (Wildman–Crippen LogP) is 4.74. The molecular weight excluding hydrogens is 406 g/mol. The summed E-state index contributed by atoms with van der Waals surface area (Å²) in [7, 11) is 0. The topological polar surface area (TPSA) is 55.2 Å². The van der Waals surface area contributed by atoms with E-state index in [0.717, 1.165) is 23.0 Å². The van der Waals surface area contributed by atoms with Gasteiger partial charge in [-0.15, -0.1) is 0 Å². The standard InChI is InChI=1S/C22H26ClN3.O2S/c1-17-15-21-20(22(23)24-17)16-19(26(21)18-9-4-2-5-10-18)11-8-14-25-12-6-3-7-13-25;1-3-2/h2,4-5,9-10,15-16H,3,6-8,11-14H2,1H3;. The number of piperidine rings is 1. The van der Waals surface area contributed by atoms with Crippen LogP contribution in [0.1, 0.15) is 37.1 Å². The molecule has 5 nitrogen and oxygen atoms in total. The van der Waals surface area contributed by atoms with E-state index < -0.39 is 11.6 Å². The summed E-state index contributed by atoms with van der Waals surface area (Å²) in [5.74, 6) is 0. The molecule has 1 aliphatic rings. The molecule has 0 spiro atoms. The highest BCUT2D eigenvalue weighted by Gasteiger charge is 2.15. The van der Waals surface area contributed by atoms with Crippen LogP contribution in [0.25, 0.3) is 16.6 Å². The Morgan fingerprint density at radius 1 is 1.07 bits per heavy atom. The first-order valence-electron chi connectivity index (χ1n) is 10.0. The molecule has 0 N–H and O–H groups in total.